The van der Waals surface area contributed by atoms with Crippen LogP contribution < -0.4 is 25.6 Å². The molecule has 0 aliphatic rings. The Kier molecular flexibility index (Phi) is 11.9. The number of aromatic nitrogens is 1. The highest BCUT2D eigenvalue weighted by Crippen LogP contribution is 2.31. The zero-order valence-electron chi connectivity index (χ0n) is 27.6. The highest BCUT2D eigenvalue weighted by atomic mass is 32.2. The molecule has 49 heavy (non-hydrogen) atoms. The Bertz CT molecular complexity index is 1940. The third-order valence-corrected chi connectivity index (χ3v) is 9.50. The van der Waals surface area contributed by atoms with Crippen LogP contribution in [-0.2, 0) is 9.59 Å². The fraction of sp³-hybridized carbons (Fsp3) is 0.158. The van der Waals surface area contributed by atoms with Gasteiger partial charge in [-0.15, -0.1) is 23.1 Å². The smallest absolute Gasteiger partial charge is 0.272 e. The first-order valence-corrected chi connectivity index (χ1v) is 17.3. The number of ether oxygens (including phenoxy) is 1. The summed E-state index contributed by atoms with van der Waals surface area (Å²) >= 11 is 2.76. The van der Waals surface area contributed by atoms with Crippen molar-refractivity contribution in [3.63, 3.8) is 0 Å². The minimum absolute atomic E-state index is 0.0899. The van der Waals surface area contributed by atoms with Gasteiger partial charge in [0.2, 0.25) is 5.91 Å². The lowest BCUT2D eigenvalue weighted by molar-refractivity contribution is -0.116. The molecular formula is C38H37N5O4S2. The van der Waals surface area contributed by atoms with Crippen LogP contribution in [-0.4, -0.2) is 49.2 Å². The van der Waals surface area contributed by atoms with Crippen molar-refractivity contribution in [1.29, 1.82) is 0 Å². The summed E-state index contributed by atoms with van der Waals surface area (Å²) < 4.78 is 5.32. The van der Waals surface area contributed by atoms with E-state index >= 15 is 0 Å². The number of nitrogens with one attached hydrogen (secondary N) is 3. The number of carbonyl (C=O) groups is 3. The molecule has 0 spiro atoms. The first kappa shape index (κ1) is 34.9. The first-order chi connectivity index (χ1) is 23.7. The Morgan fingerprint density at radius 1 is 0.918 bits per heavy atom. The molecule has 9 nitrogen and oxygen atoms in total. The predicted molar refractivity (Wildman–Crippen MR) is 200 cm³/mol. The van der Waals surface area contributed by atoms with Gasteiger partial charge in [0.1, 0.15) is 11.4 Å². The number of anilines is 3. The molecule has 4 aromatic carbocycles. The molecule has 3 N–H and O–H groups in total. The van der Waals surface area contributed by atoms with Gasteiger partial charge in [-0.3, -0.25) is 14.4 Å². The highest BCUT2D eigenvalue weighted by molar-refractivity contribution is 8.00. The van der Waals surface area contributed by atoms with Crippen LogP contribution in [0.1, 0.15) is 29.3 Å². The van der Waals surface area contributed by atoms with Crippen molar-refractivity contribution in [3.05, 3.63) is 125 Å². The van der Waals surface area contributed by atoms with E-state index in [9.17, 15) is 14.4 Å². The Hall–Kier alpha value is -5.39. The van der Waals surface area contributed by atoms with E-state index in [1.54, 1.807) is 43.5 Å². The van der Waals surface area contributed by atoms with Crippen molar-refractivity contribution in [2.75, 3.05) is 36.7 Å². The number of carbonyl (C=O) groups excluding carboxylic acids is 3. The molecule has 0 bridgehead atoms. The SMILES string of the molecule is CCC(Sc1cccc(NC(=O)/C(=C\c2ccc(N(C)C)cc2)NC(=O)c2ccccc2)c1)C(=O)Nc1nc(-c2cccc(OC)c2)cs1. The van der Waals surface area contributed by atoms with Gasteiger partial charge in [-0.1, -0.05) is 55.5 Å². The van der Waals surface area contributed by atoms with Crippen molar-refractivity contribution >= 4 is 63.4 Å². The Labute approximate surface area is 294 Å². The molecule has 0 radical (unpaired) electrons. The van der Waals surface area contributed by atoms with Crippen molar-refractivity contribution in [2.45, 2.75) is 23.5 Å². The minimum Gasteiger partial charge on any atom is -0.497 e. The summed E-state index contributed by atoms with van der Waals surface area (Å²) in [7, 11) is 5.52. The Balaban J connectivity index is 1.28. The lowest BCUT2D eigenvalue weighted by atomic mass is 10.1. The molecule has 0 saturated heterocycles. The largest absolute Gasteiger partial charge is 0.497 e. The molecule has 1 unspecified atom stereocenters. The van der Waals surface area contributed by atoms with Gasteiger partial charge in [-0.2, -0.15) is 0 Å². The van der Waals surface area contributed by atoms with E-state index in [1.165, 1.54) is 23.1 Å². The van der Waals surface area contributed by atoms with Gasteiger partial charge >= 0.3 is 0 Å². The van der Waals surface area contributed by atoms with Gasteiger partial charge in [0.15, 0.2) is 5.13 Å². The highest BCUT2D eigenvalue weighted by Gasteiger charge is 2.21. The van der Waals surface area contributed by atoms with E-state index < -0.39 is 17.1 Å². The van der Waals surface area contributed by atoms with Gasteiger partial charge in [0.05, 0.1) is 18.1 Å². The van der Waals surface area contributed by atoms with Crippen LogP contribution in [0.15, 0.2) is 119 Å². The second-order valence-corrected chi connectivity index (χ2v) is 13.3. The molecule has 1 aromatic heterocycles. The molecule has 3 amide bonds. The number of benzene rings is 4. The van der Waals surface area contributed by atoms with Gasteiger partial charge in [0.25, 0.3) is 11.8 Å². The van der Waals surface area contributed by atoms with E-state index in [0.717, 1.165) is 33.2 Å². The normalized spacial score (nSPS) is 11.7. The monoisotopic (exact) mass is 691 g/mol. The topological polar surface area (TPSA) is 113 Å². The summed E-state index contributed by atoms with van der Waals surface area (Å²) in [6.45, 7) is 1.95. The molecule has 5 rings (SSSR count). The summed E-state index contributed by atoms with van der Waals surface area (Å²) in [5.41, 5.74) is 4.46. The number of nitrogens with zero attached hydrogens (tertiary/aromatic N) is 2. The van der Waals surface area contributed by atoms with Crippen LogP contribution in [0.2, 0.25) is 0 Å². The van der Waals surface area contributed by atoms with Crippen LogP contribution in [0.4, 0.5) is 16.5 Å². The van der Waals surface area contributed by atoms with Crippen molar-refractivity contribution in [3.8, 4) is 17.0 Å². The average Bonchev–Trinajstić information content (AvgIpc) is 3.59. The lowest BCUT2D eigenvalue weighted by Crippen LogP contribution is -2.30. The van der Waals surface area contributed by atoms with Crippen LogP contribution in [0, 0.1) is 0 Å². The summed E-state index contributed by atoms with van der Waals surface area (Å²) in [5.74, 6) is -0.314. The third kappa shape index (κ3) is 9.59. The van der Waals surface area contributed by atoms with E-state index in [4.69, 9.17) is 4.74 Å². The van der Waals surface area contributed by atoms with Gasteiger partial charge in [-0.05, 0) is 72.7 Å². The standard InChI is InChI=1S/C38H37N5O4S2/c1-5-34(37(46)42-38-41-33(24-48-38)27-13-9-15-30(22-27)47-4)49-31-16-10-14-28(23-31)39-36(45)32(40-35(44)26-11-7-6-8-12-26)21-25-17-19-29(20-18-25)43(2)3/h6-24,34H,5H2,1-4H3,(H,39,45)(H,40,44)(H,41,42,46)/b32-21+. The molecule has 1 heterocycles. The number of rotatable bonds is 13. The molecular weight excluding hydrogens is 655 g/mol. The van der Waals surface area contributed by atoms with Crippen LogP contribution in [0.3, 0.4) is 0 Å². The molecule has 11 heteroatoms. The quantitative estimate of drug-likeness (QED) is 0.0853. The first-order valence-electron chi connectivity index (χ1n) is 15.6. The molecule has 250 valence electrons. The van der Waals surface area contributed by atoms with E-state index in [2.05, 4.69) is 20.9 Å². The lowest BCUT2D eigenvalue weighted by Gasteiger charge is -2.15. The summed E-state index contributed by atoms with van der Waals surface area (Å²) in [4.78, 5) is 47.3. The maximum absolute atomic E-state index is 13.6. The number of methoxy groups -OCH3 is 1. The maximum Gasteiger partial charge on any atom is 0.272 e. The van der Waals surface area contributed by atoms with Crippen molar-refractivity contribution < 1.29 is 19.1 Å². The zero-order valence-corrected chi connectivity index (χ0v) is 29.2. The summed E-state index contributed by atoms with van der Waals surface area (Å²) in [6.07, 6.45) is 2.22. The number of amides is 3. The molecule has 0 aliphatic heterocycles. The molecule has 0 saturated carbocycles. The fourth-order valence-electron chi connectivity index (χ4n) is 4.74. The van der Waals surface area contributed by atoms with Crippen LogP contribution >= 0.6 is 23.1 Å². The Morgan fingerprint density at radius 3 is 2.39 bits per heavy atom. The van der Waals surface area contributed by atoms with E-state index in [-0.39, 0.29) is 11.6 Å². The Morgan fingerprint density at radius 2 is 1.67 bits per heavy atom. The average molecular weight is 692 g/mol. The summed E-state index contributed by atoms with van der Waals surface area (Å²) in [5, 5.41) is 10.7. The molecule has 0 fully saturated rings. The van der Waals surface area contributed by atoms with Crippen molar-refractivity contribution in [1.82, 2.24) is 10.3 Å². The van der Waals surface area contributed by atoms with E-state index in [1.807, 2.05) is 104 Å². The van der Waals surface area contributed by atoms with Gasteiger partial charge in [-0.25, -0.2) is 4.98 Å². The van der Waals surface area contributed by atoms with Gasteiger partial charge < -0.3 is 25.6 Å². The second kappa shape index (κ2) is 16.6. The predicted octanol–water partition coefficient (Wildman–Crippen LogP) is 7.80. The molecule has 5 aromatic rings. The second-order valence-electron chi connectivity index (χ2n) is 11.1. The third-order valence-electron chi connectivity index (χ3n) is 7.38. The number of hydrogen-bond donors (Lipinski definition) is 3. The van der Waals surface area contributed by atoms with Gasteiger partial charge in [0, 0.05) is 46.9 Å². The maximum atomic E-state index is 13.6. The fourth-order valence-corrected chi connectivity index (χ4v) is 6.48. The molecule has 1 atom stereocenters. The minimum atomic E-state index is -0.483. The molecule has 0 aliphatic carbocycles. The zero-order chi connectivity index (χ0) is 34.8. The van der Waals surface area contributed by atoms with Crippen LogP contribution in [0.25, 0.3) is 17.3 Å². The number of thiazole rings is 1. The van der Waals surface area contributed by atoms with E-state index in [0.29, 0.717) is 22.8 Å². The number of hydrogen-bond acceptors (Lipinski definition) is 8. The van der Waals surface area contributed by atoms with Crippen molar-refractivity contribution in [2.24, 2.45) is 0 Å². The van der Waals surface area contributed by atoms with Crippen LogP contribution in [0.5, 0.6) is 5.75 Å². The number of thioether (sulfide) groups is 1. The summed E-state index contributed by atoms with van der Waals surface area (Å²) in [6, 6.07) is 31.3.